The number of hydrogen-bond acceptors (Lipinski definition) is 3. The van der Waals surface area contributed by atoms with E-state index in [2.05, 4.69) is 22.4 Å². The number of thiophene rings is 1. The number of amides is 1. The van der Waals surface area contributed by atoms with Gasteiger partial charge in [0.1, 0.15) is 0 Å². The van der Waals surface area contributed by atoms with Crippen LogP contribution in [0.3, 0.4) is 0 Å². The molecule has 0 aliphatic carbocycles. The van der Waals surface area contributed by atoms with Gasteiger partial charge in [-0.05, 0) is 35.6 Å². The van der Waals surface area contributed by atoms with Gasteiger partial charge in [-0.2, -0.15) is 0 Å². The normalized spacial score (nSPS) is 10.7. The van der Waals surface area contributed by atoms with E-state index in [0.29, 0.717) is 13.0 Å². The van der Waals surface area contributed by atoms with Gasteiger partial charge in [-0.1, -0.05) is 24.3 Å². The maximum Gasteiger partial charge on any atom is 0.220 e. The van der Waals surface area contributed by atoms with Crippen molar-refractivity contribution in [1.29, 1.82) is 0 Å². The fourth-order valence-corrected chi connectivity index (χ4v) is 2.90. The van der Waals surface area contributed by atoms with Crippen molar-refractivity contribution in [1.82, 2.24) is 10.3 Å². The van der Waals surface area contributed by atoms with Crippen molar-refractivity contribution < 1.29 is 4.79 Å². The largest absolute Gasteiger partial charge is 0.352 e. The number of rotatable bonds is 5. The number of pyridine rings is 1. The number of para-hydroxylation sites is 1. The average Bonchev–Trinajstić information content (AvgIpc) is 3.04. The molecular weight excluding hydrogens is 280 g/mol. The number of carbonyl (C=O) groups is 1. The third-order valence-corrected chi connectivity index (χ3v) is 4.25. The van der Waals surface area contributed by atoms with Crippen molar-refractivity contribution in [2.24, 2.45) is 0 Å². The molecule has 2 heterocycles. The molecule has 2 aromatic heterocycles. The van der Waals surface area contributed by atoms with Crippen molar-refractivity contribution in [2.75, 3.05) is 0 Å². The molecule has 0 bridgehead atoms. The van der Waals surface area contributed by atoms with Crippen molar-refractivity contribution in [2.45, 2.75) is 19.4 Å². The predicted octanol–water partition coefficient (Wildman–Crippen LogP) is 3.55. The van der Waals surface area contributed by atoms with E-state index in [1.165, 1.54) is 4.88 Å². The molecule has 0 atom stereocenters. The molecule has 3 nitrogen and oxygen atoms in total. The number of nitrogens with zero attached hydrogens (tertiary/aromatic N) is 1. The van der Waals surface area contributed by atoms with Crippen LogP contribution in [-0.2, 0) is 17.8 Å². The summed E-state index contributed by atoms with van der Waals surface area (Å²) in [6.07, 6.45) is 3.16. The lowest BCUT2D eigenvalue weighted by Gasteiger charge is -2.06. The minimum Gasteiger partial charge on any atom is -0.352 e. The summed E-state index contributed by atoms with van der Waals surface area (Å²) in [7, 11) is 0. The van der Waals surface area contributed by atoms with Crippen LogP contribution in [0.25, 0.3) is 10.9 Å². The van der Waals surface area contributed by atoms with Crippen LogP contribution in [0.4, 0.5) is 0 Å². The average molecular weight is 296 g/mol. The van der Waals surface area contributed by atoms with Crippen molar-refractivity contribution in [3.63, 3.8) is 0 Å². The first-order chi connectivity index (χ1) is 10.3. The molecule has 0 unspecified atom stereocenters. The van der Waals surface area contributed by atoms with Gasteiger partial charge >= 0.3 is 0 Å². The van der Waals surface area contributed by atoms with E-state index >= 15 is 0 Å². The highest BCUT2D eigenvalue weighted by atomic mass is 32.1. The Hall–Kier alpha value is -2.20. The molecule has 0 spiro atoms. The topological polar surface area (TPSA) is 42.0 Å². The monoisotopic (exact) mass is 296 g/mol. The Morgan fingerprint density at radius 1 is 1.19 bits per heavy atom. The molecular formula is C17H16N2OS. The van der Waals surface area contributed by atoms with Crippen LogP contribution in [-0.4, -0.2) is 10.9 Å². The highest BCUT2D eigenvalue weighted by Crippen LogP contribution is 2.13. The van der Waals surface area contributed by atoms with Crippen LogP contribution in [0.5, 0.6) is 0 Å². The van der Waals surface area contributed by atoms with E-state index in [-0.39, 0.29) is 5.91 Å². The van der Waals surface area contributed by atoms with E-state index in [0.717, 1.165) is 22.9 Å². The summed E-state index contributed by atoms with van der Waals surface area (Å²) in [6.45, 7) is 0.529. The zero-order valence-corrected chi connectivity index (χ0v) is 12.4. The maximum absolute atomic E-state index is 11.8. The van der Waals surface area contributed by atoms with E-state index < -0.39 is 0 Å². The van der Waals surface area contributed by atoms with Crippen LogP contribution in [0.15, 0.2) is 54.0 Å². The second-order valence-electron chi connectivity index (χ2n) is 4.89. The first kappa shape index (κ1) is 13.8. The van der Waals surface area contributed by atoms with Gasteiger partial charge in [-0.15, -0.1) is 11.3 Å². The Bertz CT molecular complexity index is 737. The lowest BCUT2D eigenvalue weighted by molar-refractivity contribution is -0.121. The number of nitrogens with one attached hydrogen (secondary N) is 1. The highest BCUT2D eigenvalue weighted by Gasteiger charge is 2.04. The number of fused-ring (bicyclic) bond motifs is 1. The molecule has 3 rings (SSSR count). The molecule has 0 fully saturated rings. The third-order valence-electron chi connectivity index (χ3n) is 3.32. The summed E-state index contributed by atoms with van der Waals surface area (Å²) in [5, 5.41) is 6.09. The van der Waals surface area contributed by atoms with Crippen LogP contribution in [0.1, 0.15) is 16.9 Å². The van der Waals surface area contributed by atoms with E-state index in [4.69, 9.17) is 0 Å². The number of hydrogen-bond donors (Lipinski definition) is 1. The Labute approximate surface area is 127 Å². The Morgan fingerprint density at radius 3 is 2.95 bits per heavy atom. The number of aryl methyl sites for hydroxylation is 1. The van der Waals surface area contributed by atoms with Gasteiger partial charge in [0.05, 0.1) is 5.52 Å². The van der Waals surface area contributed by atoms with Gasteiger partial charge in [0, 0.05) is 29.4 Å². The molecule has 106 valence electrons. The first-order valence-corrected chi connectivity index (χ1v) is 7.82. The fourth-order valence-electron chi connectivity index (χ4n) is 2.19. The molecule has 21 heavy (non-hydrogen) atoms. The predicted molar refractivity (Wildman–Crippen MR) is 86.2 cm³/mol. The Morgan fingerprint density at radius 2 is 2.10 bits per heavy atom. The maximum atomic E-state index is 11.8. The molecule has 0 aliphatic rings. The summed E-state index contributed by atoms with van der Waals surface area (Å²) >= 11 is 1.69. The van der Waals surface area contributed by atoms with Crippen LogP contribution >= 0.6 is 11.3 Å². The van der Waals surface area contributed by atoms with Gasteiger partial charge < -0.3 is 5.32 Å². The summed E-state index contributed by atoms with van der Waals surface area (Å²) < 4.78 is 0. The molecule has 0 aliphatic heterocycles. The molecule has 1 N–H and O–H groups in total. The summed E-state index contributed by atoms with van der Waals surface area (Å²) in [6, 6.07) is 14.1. The standard InChI is InChI=1S/C17H16N2OS/c20-17(8-7-15-5-3-9-21-15)19-12-13-10-14-4-1-2-6-16(14)18-11-13/h1-6,9-11H,7-8,12H2,(H,19,20). The summed E-state index contributed by atoms with van der Waals surface area (Å²) in [5.41, 5.74) is 2.00. The minimum atomic E-state index is 0.0801. The number of aromatic nitrogens is 1. The van der Waals surface area contributed by atoms with E-state index in [1.54, 1.807) is 11.3 Å². The number of carbonyl (C=O) groups excluding carboxylic acids is 1. The molecule has 1 aromatic carbocycles. The Kier molecular flexibility index (Phi) is 4.26. The van der Waals surface area contributed by atoms with Crippen LogP contribution in [0.2, 0.25) is 0 Å². The lowest BCUT2D eigenvalue weighted by Crippen LogP contribution is -2.22. The fraction of sp³-hybridized carbons (Fsp3) is 0.176. The smallest absolute Gasteiger partial charge is 0.220 e. The zero-order chi connectivity index (χ0) is 14.5. The van der Waals surface area contributed by atoms with Crippen LogP contribution in [0, 0.1) is 0 Å². The van der Waals surface area contributed by atoms with E-state index in [1.807, 2.05) is 41.9 Å². The molecule has 3 aromatic rings. The van der Waals surface area contributed by atoms with E-state index in [9.17, 15) is 4.79 Å². The van der Waals surface area contributed by atoms with Gasteiger partial charge in [0.15, 0.2) is 0 Å². The third kappa shape index (κ3) is 3.67. The van der Waals surface area contributed by atoms with Crippen molar-refractivity contribution in [3.05, 3.63) is 64.5 Å². The van der Waals surface area contributed by atoms with Gasteiger partial charge in [0.2, 0.25) is 5.91 Å². The van der Waals surface area contributed by atoms with Gasteiger partial charge in [-0.25, -0.2) is 0 Å². The second-order valence-corrected chi connectivity index (χ2v) is 5.92. The van der Waals surface area contributed by atoms with Gasteiger partial charge in [0.25, 0.3) is 0 Å². The minimum absolute atomic E-state index is 0.0801. The molecule has 4 heteroatoms. The molecule has 0 radical (unpaired) electrons. The molecule has 0 saturated carbocycles. The zero-order valence-electron chi connectivity index (χ0n) is 11.6. The quantitative estimate of drug-likeness (QED) is 0.782. The lowest BCUT2D eigenvalue weighted by atomic mass is 10.1. The van der Waals surface area contributed by atoms with Crippen LogP contribution < -0.4 is 5.32 Å². The summed E-state index contributed by atoms with van der Waals surface area (Å²) in [5.74, 6) is 0.0801. The van der Waals surface area contributed by atoms with Gasteiger partial charge in [-0.3, -0.25) is 9.78 Å². The molecule has 0 saturated heterocycles. The second kappa shape index (κ2) is 6.50. The van der Waals surface area contributed by atoms with Crippen molar-refractivity contribution in [3.8, 4) is 0 Å². The highest BCUT2D eigenvalue weighted by molar-refractivity contribution is 7.09. The first-order valence-electron chi connectivity index (χ1n) is 6.94. The Balaban J connectivity index is 1.54. The SMILES string of the molecule is O=C(CCc1cccs1)NCc1cnc2ccccc2c1. The number of benzene rings is 1. The summed E-state index contributed by atoms with van der Waals surface area (Å²) in [4.78, 5) is 17.5. The van der Waals surface area contributed by atoms with Crippen molar-refractivity contribution >= 4 is 28.1 Å². The molecule has 1 amide bonds.